The lowest BCUT2D eigenvalue weighted by Gasteiger charge is -2.19. The van der Waals surface area contributed by atoms with Gasteiger partial charge in [0.2, 0.25) is 0 Å². The van der Waals surface area contributed by atoms with Crippen molar-refractivity contribution < 1.29 is 35.8 Å². The van der Waals surface area contributed by atoms with Gasteiger partial charge in [0, 0.05) is 0 Å². The van der Waals surface area contributed by atoms with Crippen LogP contribution in [0.5, 0.6) is 11.5 Å². The highest BCUT2D eigenvalue weighted by Gasteiger charge is 2.31. The van der Waals surface area contributed by atoms with Crippen molar-refractivity contribution in [1.82, 2.24) is 0 Å². The monoisotopic (exact) mass is 528 g/mol. The van der Waals surface area contributed by atoms with E-state index in [0.717, 1.165) is 24.3 Å². The Morgan fingerprint density at radius 1 is 0.421 bits per heavy atom. The van der Waals surface area contributed by atoms with Gasteiger partial charge in [-0.1, -0.05) is 48.5 Å². The number of halogens is 6. The van der Waals surface area contributed by atoms with Crippen molar-refractivity contribution >= 4 is 11.1 Å². The number of ether oxygens (including phenoxy) is 2. The third kappa shape index (κ3) is 5.85. The third-order valence-electron chi connectivity index (χ3n) is 6.01. The van der Waals surface area contributed by atoms with Crippen LogP contribution in [0.2, 0.25) is 0 Å². The van der Waals surface area contributed by atoms with Crippen LogP contribution in [-0.2, 0) is 12.4 Å². The average molecular weight is 528 g/mol. The van der Waals surface area contributed by atoms with Crippen LogP contribution < -0.4 is 9.47 Å². The molecular formula is C30H22F6O2. The molecule has 38 heavy (non-hydrogen) atoms. The van der Waals surface area contributed by atoms with E-state index < -0.39 is 23.5 Å². The Morgan fingerprint density at radius 2 is 0.658 bits per heavy atom. The summed E-state index contributed by atoms with van der Waals surface area (Å²) in [5, 5.41) is 0. The van der Waals surface area contributed by atoms with E-state index >= 15 is 0 Å². The number of hydrogen-bond acceptors (Lipinski definition) is 2. The normalized spacial score (nSPS) is 12.6. The lowest BCUT2D eigenvalue weighted by molar-refractivity contribution is -0.138. The van der Waals surface area contributed by atoms with Crippen LogP contribution in [0.15, 0.2) is 97.1 Å². The Balaban J connectivity index is 2.03. The van der Waals surface area contributed by atoms with E-state index in [1.807, 2.05) is 0 Å². The molecule has 0 aliphatic rings. The maximum absolute atomic E-state index is 13.3. The highest BCUT2D eigenvalue weighted by Crippen LogP contribution is 2.40. The minimum Gasteiger partial charge on any atom is -0.497 e. The maximum Gasteiger partial charge on any atom is 0.416 e. The molecule has 0 amide bonds. The molecule has 196 valence electrons. The molecule has 4 aromatic rings. The fourth-order valence-corrected chi connectivity index (χ4v) is 4.08. The fourth-order valence-electron chi connectivity index (χ4n) is 4.08. The topological polar surface area (TPSA) is 18.5 Å². The highest BCUT2D eigenvalue weighted by molar-refractivity contribution is 6.04. The quantitative estimate of drug-likeness (QED) is 0.184. The lowest BCUT2D eigenvalue weighted by atomic mass is 9.85. The first-order valence-electron chi connectivity index (χ1n) is 11.4. The van der Waals surface area contributed by atoms with Gasteiger partial charge in [-0.3, -0.25) is 0 Å². The largest absolute Gasteiger partial charge is 0.497 e. The lowest BCUT2D eigenvalue weighted by Crippen LogP contribution is -2.06. The minimum atomic E-state index is -4.52. The molecule has 0 aliphatic heterocycles. The van der Waals surface area contributed by atoms with E-state index in [2.05, 4.69) is 0 Å². The summed E-state index contributed by atoms with van der Waals surface area (Å²) in [5.74, 6) is 1.14. The molecule has 0 unspecified atom stereocenters. The molecule has 0 saturated heterocycles. The second kappa shape index (κ2) is 10.7. The van der Waals surface area contributed by atoms with Gasteiger partial charge in [-0.15, -0.1) is 0 Å². The first-order chi connectivity index (χ1) is 18.0. The second-order valence-electron chi connectivity index (χ2n) is 8.36. The molecule has 0 N–H and O–H groups in total. The van der Waals surface area contributed by atoms with Crippen molar-refractivity contribution in [3.05, 3.63) is 130 Å². The molecule has 0 saturated carbocycles. The van der Waals surface area contributed by atoms with Crippen molar-refractivity contribution in [2.24, 2.45) is 0 Å². The van der Waals surface area contributed by atoms with Gasteiger partial charge < -0.3 is 9.47 Å². The fraction of sp³-hybridized carbons (Fsp3) is 0.133. The smallest absolute Gasteiger partial charge is 0.416 e. The average Bonchev–Trinajstić information content (AvgIpc) is 2.91. The van der Waals surface area contributed by atoms with Crippen LogP contribution in [-0.4, -0.2) is 14.2 Å². The number of methoxy groups -OCH3 is 2. The maximum atomic E-state index is 13.3. The Hall–Kier alpha value is -4.20. The molecule has 0 atom stereocenters. The molecule has 4 rings (SSSR count). The zero-order valence-corrected chi connectivity index (χ0v) is 20.3. The summed E-state index contributed by atoms with van der Waals surface area (Å²) in [6.07, 6.45) is -9.04. The molecule has 0 aliphatic carbocycles. The van der Waals surface area contributed by atoms with Gasteiger partial charge in [-0.25, -0.2) is 0 Å². The van der Waals surface area contributed by atoms with Gasteiger partial charge in [-0.2, -0.15) is 26.3 Å². The van der Waals surface area contributed by atoms with Crippen LogP contribution in [0, 0.1) is 0 Å². The Morgan fingerprint density at radius 3 is 0.868 bits per heavy atom. The first-order valence-corrected chi connectivity index (χ1v) is 11.4. The molecule has 0 fully saturated rings. The Bertz CT molecular complexity index is 1290. The minimum absolute atomic E-state index is 0.453. The van der Waals surface area contributed by atoms with Crippen LogP contribution in [0.25, 0.3) is 11.1 Å². The molecule has 0 radical (unpaired) electrons. The third-order valence-corrected chi connectivity index (χ3v) is 6.01. The second-order valence-corrected chi connectivity index (χ2v) is 8.36. The molecule has 0 bridgehead atoms. The van der Waals surface area contributed by atoms with Crippen molar-refractivity contribution in [3.8, 4) is 11.5 Å². The van der Waals surface area contributed by atoms with E-state index in [1.165, 1.54) is 38.5 Å². The van der Waals surface area contributed by atoms with E-state index in [-0.39, 0.29) is 0 Å². The van der Waals surface area contributed by atoms with Crippen LogP contribution in [0.3, 0.4) is 0 Å². The van der Waals surface area contributed by atoms with Crippen molar-refractivity contribution in [2.45, 2.75) is 12.4 Å². The van der Waals surface area contributed by atoms with E-state index in [0.29, 0.717) is 44.9 Å². The SMILES string of the molecule is COc1ccc(C(=C(c2ccc(OC)cc2)c2ccc(C(F)(F)F)cc2)c2ccc(C(F)(F)F)cc2)cc1. The van der Waals surface area contributed by atoms with Gasteiger partial charge in [0.1, 0.15) is 11.5 Å². The summed E-state index contributed by atoms with van der Waals surface area (Å²) in [6.45, 7) is 0. The van der Waals surface area contributed by atoms with E-state index in [1.54, 1.807) is 48.5 Å². The molecule has 2 nitrogen and oxygen atoms in total. The van der Waals surface area contributed by atoms with Crippen molar-refractivity contribution in [1.29, 1.82) is 0 Å². The van der Waals surface area contributed by atoms with Crippen LogP contribution >= 0.6 is 0 Å². The molecule has 4 aromatic carbocycles. The first kappa shape index (κ1) is 26.9. The summed E-state index contributed by atoms with van der Waals surface area (Å²) < 4.78 is 90.2. The molecule has 0 spiro atoms. The Labute approximate surface area is 215 Å². The molecule has 8 heteroatoms. The van der Waals surface area contributed by atoms with Crippen LogP contribution in [0.4, 0.5) is 26.3 Å². The zero-order valence-electron chi connectivity index (χ0n) is 20.3. The molecule has 0 aromatic heterocycles. The van der Waals surface area contributed by atoms with Crippen molar-refractivity contribution in [2.75, 3.05) is 14.2 Å². The Kier molecular flexibility index (Phi) is 7.53. The summed E-state index contributed by atoms with van der Waals surface area (Å²) in [5.41, 5.74) is 1.62. The number of benzene rings is 4. The van der Waals surface area contributed by atoms with Crippen molar-refractivity contribution in [3.63, 3.8) is 0 Å². The van der Waals surface area contributed by atoms with Gasteiger partial charge >= 0.3 is 12.4 Å². The standard InChI is InChI=1S/C30H22F6O2/c1-37-25-15-7-21(8-16-25)27(19-3-11-23(12-4-19)29(31,32)33)28(22-9-17-26(38-2)18-10-22)20-5-13-24(14-6-20)30(34,35)36/h3-18H,1-2H3. The van der Waals surface area contributed by atoms with Gasteiger partial charge in [0.15, 0.2) is 0 Å². The summed E-state index contributed by atoms with van der Waals surface area (Å²) in [7, 11) is 3.01. The van der Waals surface area contributed by atoms with E-state index in [4.69, 9.17) is 9.47 Å². The molecular weight excluding hydrogens is 506 g/mol. The van der Waals surface area contributed by atoms with Crippen LogP contribution in [0.1, 0.15) is 33.4 Å². The summed E-state index contributed by atoms with van der Waals surface area (Å²) in [6, 6.07) is 23.2. The summed E-state index contributed by atoms with van der Waals surface area (Å²) in [4.78, 5) is 0. The predicted molar refractivity (Wildman–Crippen MR) is 134 cm³/mol. The predicted octanol–water partition coefficient (Wildman–Crippen LogP) is 8.75. The van der Waals surface area contributed by atoms with Gasteiger partial charge in [0.05, 0.1) is 25.3 Å². The van der Waals surface area contributed by atoms with Gasteiger partial charge in [-0.05, 0) is 81.9 Å². The summed E-state index contributed by atoms with van der Waals surface area (Å²) >= 11 is 0. The number of alkyl halides is 6. The number of rotatable bonds is 6. The van der Waals surface area contributed by atoms with Gasteiger partial charge in [0.25, 0.3) is 0 Å². The highest BCUT2D eigenvalue weighted by atomic mass is 19.4. The van der Waals surface area contributed by atoms with E-state index in [9.17, 15) is 26.3 Å². The zero-order chi connectivity index (χ0) is 27.5. The number of hydrogen-bond donors (Lipinski definition) is 0. The molecule has 0 heterocycles.